The second-order valence-corrected chi connectivity index (χ2v) is 8.36. The van der Waals surface area contributed by atoms with Gasteiger partial charge in [-0.25, -0.2) is 4.39 Å². The average molecular weight is 376 g/mol. The molecule has 2 bridgehead atoms. The fraction of sp³-hybridized carbons (Fsp3) is 0.417. The predicted molar refractivity (Wildman–Crippen MR) is 107 cm³/mol. The van der Waals surface area contributed by atoms with Crippen LogP contribution in [0.4, 0.5) is 10.1 Å². The van der Waals surface area contributed by atoms with Crippen molar-refractivity contribution in [3.05, 3.63) is 65.0 Å². The molecule has 4 rings (SSSR count). The molecule has 2 aliphatic carbocycles. The molecule has 0 unspecified atom stereocenters. The van der Waals surface area contributed by atoms with Gasteiger partial charge in [0.15, 0.2) is 0 Å². The molecule has 0 spiro atoms. The second-order valence-electron chi connectivity index (χ2n) is 8.36. The van der Waals surface area contributed by atoms with Crippen LogP contribution >= 0.6 is 0 Å². The van der Waals surface area contributed by atoms with Crippen LogP contribution in [0.2, 0.25) is 0 Å². The molecule has 0 heterocycles. The number of carbonyl (C=O) groups is 1. The van der Waals surface area contributed by atoms with E-state index >= 15 is 0 Å². The normalized spacial score (nSPS) is 22.8. The Morgan fingerprint density at radius 2 is 1.96 bits per heavy atom. The van der Waals surface area contributed by atoms with Gasteiger partial charge in [-0.05, 0) is 85.4 Å². The maximum atomic E-state index is 13.6. The highest BCUT2D eigenvalue weighted by Crippen LogP contribution is 2.49. The maximum Gasteiger partial charge on any atom is 0.227 e. The zero-order chi connectivity index (χ0) is 19.7. The summed E-state index contributed by atoms with van der Waals surface area (Å²) in [5.41, 5.74) is 3.08. The molecule has 2 aliphatic rings. The molecule has 2 saturated carbocycles. The third kappa shape index (κ3) is 3.80. The summed E-state index contributed by atoms with van der Waals surface area (Å²) in [5, 5.41) is 9.00. The van der Waals surface area contributed by atoms with E-state index in [9.17, 15) is 9.18 Å². The van der Waals surface area contributed by atoms with Gasteiger partial charge in [0.1, 0.15) is 5.82 Å². The highest BCUT2D eigenvalue weighted by atomic mass is 19.1. The van der Waals surface area contributed by atoms with Crippen LogP contribution in [-0.4, -0.2) is 5.91 Å². The van der Waals surface area contributed by atoms with Crippen LogP contribution in [0.3, 0.4) is 0 Å². The Labute approximate surface area is 165 Å². The Kier molecular flexibility index (Phi) is 5.17. The van der Waals surface area contributed by atoms with Gasteiger partial charge in [-0.3, -0.25) is 4.79 Å². The Morgan fingerprint density at radius 1 is 1.18 bits per heavy atom. The lowest BCUT2D eigenvalue weighted by Gasteiger charge is -2.28. The topological polar surface area (TPSA) is 44.1 Å². The Bertz CT molecular complexity index is 915. The number of hydrogen-bond donors (Lipinski definition) is 0. The van der Waals surface area contributed by atoms with Crippen molar-refractivity contribution in [3.63, 3.8) is 0 Å². The first-order chi connectivity index (χ1) is 13.5. The Hall–Kier alpha value is -2.67. The van der Waals surface area contributed by atoms with Crippen LogP contribution < -0.4 is 4.90 Å². The number of nitriles is 1. The van der Waals surface area contributed by atoms with Crippen molar-refractivity contribution < 1.29 is 9.18 Å². The van der Waals surface area contributed by atoms with E-state index in [1.807, 2.05) is 19.1 Å². The predicted octanol–water partition coefficient (Wildman–Crippen LogP) is 5.37. The molecule has 0 aliphatic heterocycles. The van der Waals surface area contributed by atoms with Gasteiger partial charge in [0.05, 0.1) is 18.2 Å². The van der Waals surface area contributed by atoms with Crippen LogP contribution in [0.1, 0.15) is 48.8 Å². The van der Waals surface area contributed by atoms with Gasteiger partial charge in [0, 0.05) is 12.1 Å². The molecule has 0 radical (unpaired) electrons. The standard InChI is InChI=1S/C24H25FN2O/c1-16-10-22(25)8-9-23(16)27(15-18-4-2-17(14-26)3-5-18)24(28)13-21-12-19-6-7-20(21)11-19/h2-5,8-10,19-21H,6-7,11-13,15H2,1H3/t19-,20-,21+/m0/s1. The number of amides is 1. The van der Waals surface area contributed by atoms with Crippen molar-refractivity contribution in [2.24, 2.45) is 17.8 Å². The highest BCUT2D eigenvalue weighted by Gasteiger charge is 2.40. The Morgan fingerprint density at radius 3 is 2.57 bits per heavy atom. The molecule has 2 fully saturated rings. The van der Waals surface area contributed by atoms with Gasteiger partial charge >= 0.3 is 0 Å². The highest BCUT2D eigenvalue weighted by molar-refractivity contribution is 5.94. The second kappa shape index (κ2) is 7.75. The molecule has 2 aromatic carbocycles. The Balaban J connectivity index is 1.58. The van der Waals surface area contributed by atoms with Crippen molar-refractivity contribution in [1.29, 1.82) is 5.26 Å². The number of nitrogens with zero attached hydrogens (tertiary/aromatic N) is 2. The number of fused-ring (bicyclic) bond motifs is 2. The van der Waals surface area contributed by atoms with Crippen molar-refractivity contribution in [2.45, 2.75) is 45.6 Å². The summed E-state index contributed by atoms with van der Waals surface area (Å²) in [7, 11) is 0. The molecule has 3 atom stereocenters. The average Bonchev–Trinajstić information content (AvgIpc) is 3.30. The van der Waals surface area contributed by atoms with Crippen molar-refractivity contribution >= 4 is 11.6 Å². The summed E-state index contributed by atoms with van der Waals surface area (Å²) in [6.07, 6.45) is 5.59. The number of aryl methyl sites for hydroxylation is 1. The third-order valence-electron chi connectivity index (χ3n) is 6.50. The van der Waals surface area contributed by atoms with Gasteiger partial charge in [-0.15, -0.1) is 0 Å². The SMILES string of the molecule is Cc1cc(F)ccc1N(Cc1ccc(C#N)cc1)C(=O)C[C@H]1C[C@H]2CC[C@H]1C2. The summed E-state index contributed by atoms with van der Waals surface area (Å²) < 4.78 is 13.6. The molecule has 28 heavy (non-hydrogen) atoms. The fourth-order valence-corrected chi connectivity index (χ4v) is 5.06. The van der Waals surface area contributed by atoms with E-state index in [-0.39, 0.29) is 11.7 Å². The minimum Gasteiger partial charge on any atom is -0.308 e. The van der Waals surface area contributed by atoms with Crippen molar-refractivity contribution in [2.75, 3.05) is 4.90 Å². The van der Waals surface area contributed by atoms with E-state index in [4.69, 9.17) is 5.26 Å². The van der Waals surface area contributed by atoms with Gasteiger partial charge in [0.25, 0.3) is 0 Å². The first-order valence-electron chi connectivity index (χ1n) is 10.1. The summed E-state index contributed by atoms with van der Waals surface area (Å²) in [6, 6.07) is 14.0. The molecule has 144 valence electrons. The minimum atomic E-state index is -0.292. The monoisotopic (exact) mass is 376 g/mol. The summed E-state index contributed by atoms with van der Waals surface area (Å²) in [5.74, 6) is 1.80. The summed E-state index contributed by atoms with van der Waals surface area (Å²) in [4.78, 5) is 15.1. The molecule has 4 heteroatoms. The molecular weight excluding hydrogens is 351 g/mol. The van der Waals surface area contributed by atoms with Gasteiger partial charge in [0.2, 0.25) is 5.91 Å². The van der Waals surface area contributed by atoms with Crippen LogP contribution in [0.5, 0.6) is 0 Å². The first kappa shape index (κ1) is 18.7. The molecule has 1 amide bonds. The molecule has 0 N–H and O–H groups in total. The minimum absolute atomic E-state index is 0.108. The summed E-state index contributed by atoms with van der Waals surface area (Å²) in [6.45, 7) is 2.27. The molecule has 0 aromatic heterocycles. The lowest BCUT2D eigenvalue weighted by atomic mass is 9.86. The van der Waals surface area contributed by atoms with E-state index in [0.29, 0.717) is 30.4 Å². The molecule has 0 saturated heterocycles. The fourth-order valence-electron chi connectivity index (χ4n) is 5.06. The van der Waals surface area contributed by atoms with E-state index in [0.717, 1.165) is 22.7 Å². The maximum absolute atomic E-state index is 13.6. The van der Waals surface area contributed by atoms with Gasteiger partial charge in [-0.2, -0.15) is 5.26 Å². The largest absolute Gasteiger partial charge is 0.308 e. The third-order valence-corrected chi connectivity index (χ3v) is 6.50. The van der Waals surface area contributed by atoms with E-state index in [1.54, 1.807) is 23.1 Å². The van der Waals surface area contributed by atoms with Gasteiger partial charge < -0.3 is 4.90 Å². The zero-order valence-electron chi connectivity index (χ0n) is 16.2. The van der Waals surface area contributed by atoms with E-state index in [1.165, 1.54) is 37.8 Å². The molecule has 2 aromatic rings. The van der Waals surface area contributed by atoms with E-state index in [2.05, 4.69) is 6.07 Å². The van der Waals surface area contributed by atoms with Crippen molar-refractivity contribution in [1.82, 2.24) is 0 Å². The lowest BCUT2D eigenvalue weighted by Crippen LogP contribution is -2.33. The number of halogens is 1. The van der Waals surface area contributed by atoms with Crippen LogP contribution in [-0.2, 0) is 11.3 Å². The molecule has 3 nitrogen and oxygen atoms in total. The number of rotatable bonds is 5. The number of carbonyl (C=O) groups excluding carboxylic acids is 1. The zero-order valence-corrected chi connectivity index (χ0v) is 16.2. The number of benzene rings is 2. The quantitative estimate of drug-likeness (QED) is 0.704. The van der Waals surface area contributed by atoms with Crippen LogP contribution in [0.25, 0.3) is 0 Å². The lowest BCUT2D eigenvalue weighted by molar-refractivity contribution is -0.120. The van der Waals surface area contributed by atoms with Gasteiger partial charge in [-0.1, -0.05) is 18.6 Å². The number of anilines is 1. The first-order valence-corrected chi connectivity index (χ1v) is 10.1. The van der Waals surface area contributed by atoms with Crippen LogP contribution in [0.15, 0.2) is 42.5 Å². The van der Waals surface area contributed by atoms with Crippen LogP contribution in [0, 0.1) is 41.8 Å². The van der Waals surface area contributed by atoms with Crippen molar-refractivity contribution in [3.8, 4) is 6.07 Å². The number of hydrogen-bond acceptors (Lipinski definition) is 2. The summed E-state index contributed by atoms with van der Waals surface area (Å²) >= 11 is 0. The van der Waals surface area contributed by atoms with E-state index < -0.39 is 0 Å². The molecular formula is C24H25FN2O. The smallest absolute Gasteiger partial charge is 0.227 e.